The molecule has 2 rings (SSSR count). The highest BCUT2D eigenvalue weighted by Gasteiger charge is 2.15. The Balaban J connectivity index is 2.10. The van der Waals surface area contributed by atoms with Gasteiger partial charge in [0.15, 0.2) is 0 Å². The number of nitrogens with zero attached hydrogens (tertiary/aromatic N) is 2. The fourth-order valence-corrected chi connectivity index (χ4v) is 2.41. The van der Waals surface area contributed by atoms with Gasteiger partial charge in [-0.25, -0.2) is 0 Å². The molecule has 2 aromatic rings. The number of ether oxygens (including phenoxy) is 1. The van der Waals surface area contributed by atoms with Crippen LogP contribution in [-0.4, -0.2) is 29.8 Å². The van der Waals surface area contributed by atoms with Crippen molar-refractivity contribution in [2.24, 2.45) is 0 Å². The van der Waals surface area contributed by atoms with Crippen LogP contribution >= 0.6 is 22.9 Å². The van der Waals surface area contributed by atoms with Gasteiger partial charge in [-0.2, -0.15) is 0 Å². The molecule has 1 aromatic heterocycles. The Morgan fingerprint density at radius 1 is 1.43 bits per heavy atom. The number of nitrogens with one attached hydrogen (secondary N) is 2. The van der Waals surface area contributed by atoms with E-state index >= 15 is 0 Å². The lowest BCUT2D eigenvalue weighted by Crippen LogP contribution is -2.12. The number of aromatic nitrogens is 2. The Kier molecular flexibility index (Phi) is 5.35. The summed E-state index contributed by atoms with van der Waals surface area (Å²) in [6, 6.07) is 5.00. The Labute approximate surface area is 131 Å². The van der Waals surface area contributed by atoms with Gasteiger partial charge in [-0.3, -0.25) is 4.79 Å². The third-order valence-electron chi connectivity index (χ3n) is 2.56. The summed E-state index contributed by atoms with van der Waals surface area (Å²) in [5, 5.41) is 15.0. The zero-order valence-electron chi connectivity index (χ0n) is 11.6. The number of hydrogen-bond donors (Lipinski definition) is 2. The van der Waals surface area contributed by atoms with E-state index in [0.717, 1.165) is 13.0 Å². The molecular weight excluding hydrogens is 312 g/mol. The molecule has 0 saturated heterocycles. The van der Waals surface area contributed by atoms with Gasteiger partial charge in [-0.1, -0.05) is 29.9 Å². The van der Waals surface area contributed by atoms with E-state index < -0.39 is 0 Å². The minimum absolute atomic E-state index is 0.274. The van der Waals surface area contributed by atoms with Crippen LogP contribution in [0.1, 0.15) is 23.1 Å². The van der Waals surface area contributed by atoms with Crippen LogP contribution in [0.5, 0.6) is 5.75 Å². The molecule has 1 heterocycles. The van der Waals surface area contributed by atoms with E-state index in [2.05, 4.69) is 20.8 Å². The third-order valence-corrected chi connectivity index (χ3v) is 3.67. The van der Waals surface area contributed by atoms with E-state index in [1.807, 2.05) is 6.92 Å². The van der Waals surface area contributed by atoms with Crippen LogP contribution in [0, 0.1) is 0 Å². The summed E-state index contributed by atoms with van der Waals surface area (Å²) in [6.07, 6.45) is 0.973. The average molecular weight is 327 g/mol. The quantitative estimate of drug-likeness (QED) is 0.852. The standard InChI is InChI=1S/C13H15ClN4O2S/c1-3-6-15-13-18-17-12(21-13)11(19)16-9-7-8(14)4-5-10(9)20-2/h4-5,7H,3,6H2,1-2H3,(H,15,18)(H,16,19). The van der Waals surface area contributed by atoms with Crippen molar-refractivity contribution in [3.63, 3.8) is 0 Å². The van der Waals surface area contributed by atoms with Crippen molar-refractivity contribution >= 4 is 39.7 Å². The lowest BCUT2D eigenvalue weighted by Gasteiger charge is -2.09. The van der Waals surface area contributed by atoms with Crippen LogP contribution in [0.3, 0.4) is 0 Å². The van der Waals surface area contributed by atoms with Gasteiger partial charge >= 0.3 is 0 Å². The molecule has 8 heteroatoms. The average Bonchev–Trinajstić information content (AvgIpc) is 2.94. The van der Waals surface area contributed by atoms with Crippen molar-refractivity contribution in [2.45, 2.75) is 13.3 Å². The van der Waals surface area contributed by atoms with Crippen molar-refractivity contribution in [1.29, 1.82) is 0 Å². The van der Waals surface area contributed by atoms with E-state index in [-0.39, 0.29) is 10.9 Å². The Bertz CT molecular complexity index is 632. The van der Waals surface area contributed by atoms with Gasteiger partial charge < -0.3 is 15.4 Å². The summed E-state index contributed by atoms with van der Waals surface area (Å²) in [5.74, 6) is 0.180. The Hall–Kier alpha value is -1.86. The van der Waals surface area contributed by atoms with Crippen LogP contribution in [0.4, 0.5) is 10.8 Å². The van der Waals surface area contributed by atoms with E-state index in [0.29, 0.717) is 21.6 Å². The first-order valence-corrected chi connectivity index (χ1v) is 7.55. The number of anilines is 2. The normalized spacial score (nSPS) is 10.2. The molecule has 1 aromatic carbocycles. The summed E-state index contributed by atoms with van der Waals surface area (Å²) in [6.45, 7) is 2.84. The number of halogens is 1. The van der Waals surface area contributed by atoms with E-state index in [1.165, 1.54) is 18.4 Å². The highest BCUT2D eigenvalue weighted by molar-refractivity contribution is 7.17. The molecule has 0 spiro atoms. The van der Waals surface area contributed by atoms with Crippen molar-refractivity contribution < 1.29 is 9.53 Å². The fourth-order valence-electron chi connectivity index (χ4n) is 1.57. The highest BCUT2D eigenvalue weighted by Crippen LogP contribution is 2.28. The third kappa shape index (κ3) is 4.05. The van der Waals surface area contributed by atoms with Gasteiger partial charge in [-0.05, 0) is 24.6 Å². The summed E-state index contributed by atoms with van der Waals surface area (Å²) in [5.41, 5.74) is 0.494. The maximum Gasteiger partial charge on any atom is 0.286 e. The maximum atomic E-state index is 12.2. The molecule has 6 nitrogen and oxygen atoms in total. The van der Waals surface area contributed by atoms with Crippen molar-refractivity contribution in [3.05, 3.63) is 28.2 Å². The zero-order chi connectivity index (χ0) is 15.2. The van der Waals surface area contributed by atoms with Crippen molar-refractivity contribution in [1.82, 2.24) is 10.2 Å². The molecule has 0 aliphatic heterocycles. The zero-order valence-corrected chi connectivity index (χ0v) is 13.2. The Morgan fingerprint density at radius 2 is 2.24 bits per heavy atom. The number of carbonyl (C=O) groups excluding carboxylic acids is 1. The largest absolute Gasteiger partial charge is 0.495 e. The minimum atomic E-state index is -0.349. The number of rotatable bonds is 6. The topological polar surface area (TPSA) is 76.1 Å². The molecule has 21 heavy (non-hydrogen) atoms. The predicted octanol–water partition coefficient (Wildman–Crippen LogP) is 3.27. The SMILES string of the molecule is CCCNc1nnc(C(=O)Nc2cc(Cl)ccc2OC)s1. The van der Waals surface area contributed by atoms with Crippen LogP contribution < -0.4 is 15.4 Å². The lowest BCUT2D eigenvalue weighted by molar-refractivity contribution is 0.102. The minimum Gasteiger partial charge on any atom is -0.495 e. The summed E-state index contributed by atoms with van der Waals surface area (Å²) in [4.78, 5) is 12.2. The van der Waals surface area contributed by atoms with E-state index in [1.54, 1.807) is 18.2 Å². The number of methoxy groups -OCH3 is 1. The van der Waals surface area contributed by atoms with Crippen LogP contribution in [0.2, 0.25) is 5.02 Å². The van der Waals surface area contributed by atoms with Gasteiger partial charge in [0.1, 0.15) is 5.75 Å². The first kappa shape index (κ1) is 15.5. The number of amides is 1. The van der Waals surface area contributed by atoms with Gasteiger partial charge in [-0.15, -0.1) is 10.2 Å². The maximum absolute atomic E-state index is 12.2. The molecule has 0 atom stereocenters. The second-order valence-corrected chi connectivity index (χ2v) is 5.55. The highest BCUT2D eigenvalue weighted by atomic mass is 35.5. The summed E-state index contributed by atoms with van der Waals surface area (Å²) in [7, 11) is 1.52. The van der Waals surface area contributed by atoms with Crippen LogP contribution in [0.15, 0.2) is 18.2 Å². The van der Waals surface area contributed by atoms with Gasteiger partial charge in [0.2, 0.25) is 10.1 Å². The number of hydrogen-bond acceptors (Lipinski definition) is 6. The van der Waals surface area contributed by atoms with E-state index in [4.69, 9.17) is 16.3 Å². The van der Waals surface area contributed by atoms with Gasteiger partial charge in [0.05, 0.1) is 12.8 Å². The van der Waals surface area contributed by atoms with E-state index in [9.17, 15) is 4.79 Å². The molecule has 0 aliphatic carbocycles. The Morgan fingerprint density at radius 3 is 2.95 bits per heavy atom. The van der Waals surface area contributed by atoms with Gasteiger partial charge in [0, 0.05) is 11.6 Å². The molecule has 0 unspecified atom stereocenters. The molecule has 2 N–H and O–H groups in total. The van der Waals surface area contributed by atoms with Gasteiger partial charge in [0.25, 0.3) is 5.91 Å². The molecular formula is C13H15ClN4O2S. The second-order valence-electron chi connectivity index (χ2n) is 4.14. The molecule has 1 amide bonds. The number of benzene rings is 1. The first-order chi connectivity index (χ1) is 10.1. The van der Waals surface area contributed by atoms with Crippen molar-refractivity contribution in [3.8, 4) is 5.75 Å². The molecule has 112 valence electrons. The monoisotopic (exact) mass is 326 g/mol. The molecule has 0 saturated carbocycles. The van der Waals surface area contributed by atoms with Crippen LogP contribution in [-0.2, 0) is 0 Å². The number of carbonyl (C=O) groups is 1. The van der Waals surface area contributed by atoms with Crippen molar-refractivity contribution in [2.75, 3.05) is 24.3 Å². The fraction of sp³-hybridized carbons (Fsp3) is 0.308. The molecule has 0 bridgehead atoms. The molecule has 0 radical (unpaired) electrons. The molecule has 0 aliphatic rings. The second kappa shape index (κ2) is 7.24. The lowest BCUT2D eigenvalue weighted by atomic mass is 10.3. The summed E-state index contributed by atoms with van der Waals surface area (Å²) >= 11 is 7.12. The first-order valence-electron chi connectivity index (χ1n) is 6.36. The predicted molar refractivity (Wildman–Crippen MR) is 84.6 cm³/mol. The summed E-state index contributed by atoms with van der Waals surface area (Å²) < 4.78 is 5.18. The smallest absolute Gasteiger partial charge is 0.286 e. The molecule has 0 fully saturated rings. The van der Waals surface area contributed by atoms with Crippen LogP contribution in [0.25, 0.3) is 0 Å².